The van der Waals surface area contributed by atoms with Crippen LogP contribution in [-0.2, 0) is 0 Å². The van der Waals surface area contributed by atoms with Crippen molar-refractivity contribution >= 4 is 32.6 Å². The van der Waals surface area contributed by atoms with Crippen molar-refractivity contribution in [3.05, 3.63) is 158 Å². The van der Waals surface area contributed by atoms with Crippen LogP contribution in [0.3, 0.4) is 0 Å². The van der Waals surface area contributed by atoms with Crippen LogP contribution in [0.15, 0.2) is 158 Å². The normalized spacial score (nSPS) is 11.3. The summed E-state index contributed by atoms with van der Waals surface area (Å²) in [4.78, 5) is 10.2. The Morgan fingerprint density at radius 3 is 1.40 bits per heavy atom. The summed E-state index contributed by atoms with van der Waals surface area (Å²) in [7, 11) is 0. The van der Waals surface area contributed by atoms with E-state index >= 15 is 0 Å². The highest BCUT2D eigenvalue weighted by Crippen LogP contribution is 2.32. The fraction of sp³-hybridized carbons (Fsp3) is 0. The Kier molecular flexibility index (Phi) is 5.82. The van der Waals surface area contributed by atoms with E-state index in [4.69, 9.17) is 9.97 Å². The van der Waals surface area contributed by atoms with Crippen molar-refractivity contribution in [1.82, 2.24) is 9.97 Å². The molecule has 8 aromatic rings. The molecule has 0 radical (unpaired) electrons. The van der Waals surface area contributed by atoms with Crippen LogP contribution in [0.1, 0.15) is 0 Å². The third-order valence-corrected chi connectivity index (χ3v) is 8.09. The van der Waals surface area contributed by atoms with Gasteiger partial charge in [0.25, 0.3) is 0 Å². The molecule has 6 aromatic carbocycles. The molecule has 0 aliphatic carbocycles. The number of aromatic nitrogens is 2. The zero-order valence-corrected chi connectivity index (χ0v) is 22.9. The maximum absolute atomic E-state index is 5.12. The molecule has 42 heavy (non-hydrogen) atoms. The summed E-state index contributed by atoms with van der Waals surface area (Å²) in [5.74, 6) is 0. The first-order chi connectivity index (χ1) is 20.8. The van der Waals surface area contributed by atoms with Gasteiger partial charge >= 0.3 is 0 Å². The minimum absolute atomic E-state index is 0.927. The number of fused-ring (bicyclic) bond motifs is 4. The van der Waals surface area contributed by atoms with Crippen LogP contribution >= 0.6 is 0 Å². The molecule has 0 unspecified atom stereocenters. The first-order valence-corrected chi connectivity index (χ1v) is 14.3. The Morgan fingerprint density at radius 2 is 0.762 bits per heavy atom. The number of benzene rings is 6. The van der Waals surface area contributed by atoms with Crippen LogP contribution in [0.5, 0.6) is 0 Å². The molecule has 2 heteroatoms. The van der Waals surface area contributed by atoms with Gasteiger partial charge in [-0.15, -0.1) is 0 Å². The second kappa shape index (κ2) is 10.1. The summed E-state index contributed by atoms with van der Waals surface area (Å²) in [5.41, 5.74) is 10.8. The Morgan fingerprint density at radius 1 is 0.286 bits per heavy atom. The fourth-order valence-corrected chi connectivity index (χ4v) is 5.85. The molecule has 196 valence electrons. The quantitative estimate of drug-likeness (QED) is 0.210. The number of rotatable bonds is 4. The molecular formula is C40H26N2. The molecule has 0 bridgehead atoms. The summed E-state index contributed by atoms with van der Waals surface area (Å²) < 4.78 is 0. The van der Waals surface area contributed by atoms with E-state index in [9.17, 15) is 0 Å². The molecule has 2 aromatic heterocycles. The van der Waals surface area contributed by atoms with Crippen molar-refractivity contribution in [2.75, 3.05) is 0 Å². The van der Waals surface area contributed by atoms with Crippen molar-refractivity contribution in [2.45, 2.75) is 0 Å². The van der Waals surface area contributed by atoms with Crippen molar-refractivity contribution in [3.63, 3.8) is 0 Å². The topological polar surface area (TPSA) is 25.8 Å². The Hall–Kier alpha value is -5.60. The lowest BCUT2D eigenvalue weighted by Crippen LogP contribution is -1.91. The largest absolute Gasteiger partial charge is 0.245 e. The van der Waals surface area contributed by atoms with Crippen molar-refractivity contribution in [2.24, 2.45) is 0 Å². The number of nitrogens with zero attached hydrogens (tertiary/aromatic N) is 2. The van der Waals surface area contributed by atoms with Crippen LogP contribution in [0.2, 0.25) is 0 Å². The molecule has 0 aliphatic rings. The van der Waals surface area contributed by atoms with E-state index in [0.717, 1.165) is 44.3 Å². The molecular weight excluding hydrogens is 508 g/mol. The Balaban J connectivity index is 1.12. The fourth-order valence-electron chi connectivity index (χ4n) is 5.85. The zero-order chi connectivity index (χ0) is 27.9. The van der Waals surface area contributed by atoms with Gasteiger partial charge in [0.15, 0.2) is 0 Å². The summed E-state index contributed by atoms with van der Waals surface area (Å²) in [5, 5.41) is 4.72. The molecule has 0 N–H and O–H groups in total. The molecule has 8 rings (SSSR count). The van der Waals surface area contributed by atoms with Crippen molar-refractivity contribution < 1.29 is 0 Å². The van der Waals surface area contributed by atoms with Gasteiger partial charge in [-0.25, -0.2) is 9.97 Å². The van der Waals surface area contributed by atoms with Gasteiger partial charge in [0, 0.05) is 21.9 Å². The average Bonchev–Trinajstić information content (AvgIpc) is 3.08. The molecule has 0 fully saturated rings. The monoisotopic (exact) mass is 534 g/mol. The molecule has 0 saturated heterocycles. The Labute approximate surface area is 244 Å². The van der Waals surface area contributed by atoms with Crippen molar-refractivity contribution in [1.29, 1.82) is 0 Å². The van der Waals surface area contributed by atoms with E-state index in [1.165, 1.54) is 33.0 Å². The predicted molar refractivity (Wildman–Crippen MR) is 176 cm³/mol. The molecule has 2 heterocycles. The van der Waals surface area contributed by atoms with E-state index in [1.807, 2.05) is 18.2 Å². The van der Waals surface area contributed by atoms with E-state index in [-0.39, 0.29) is 0 Å². The van der Waals surface area contributed by atoms with Gasteiger partial charge in [0.1, 0.15) is 0 Å². The smallest absolute Gasteiger partial charge is 0.0972 e. The lowest BCUT2D eigenvalue weighted by molar-refractivity contribution is 1.36. The van der Waals surface area contributed by atoms with Crippen LogP contribution < -0.4 is 0 Å². The van der Waals surface area contributed by atoms with Gasteiger partial charge in [-0.2, -0.15) is 0 Å². The summed E-state index contributed by atoms with van der Waals surface area (Å²) in [6.45, 7) is 0. The third-order valence-electron chi connectivity index (χ3n) is 8.09. The second-order valence-electron chi connectivity index (χ2n) is 10.6. The van der Waals surface area contributed by atoms with Gasteiger partial charge in [-0.05, 0) is 45.2 Å². The maximum atomic E-state index is 5.12. The van der Waals surface area contributed by atoms with E-state index < -0.39 is 0 Å². The van der Waals surface area contributed by atoms with Gasteiger partial charge in [0.05, 0.1) is 22.4 Å². The van der Waals surface area contributed by atoms with Crippen LogP contribution in [-0.4, -0.2) is 9.97 Å². The highest BCUT2D eigenvalue weighted by atomic mass is 14.8. The second-order valence-corrected chi connectivity index (χ2v) is 10.6. The third kappa shape index (κ3) is 4.31. The molecule has 0 atom stereocenters. The number of hydrogen-bond acceptors (Lipinski definition) is 2. The predicted octanol–water partition coefficient (Wildman–Crippen LogP) is 10.6. The minimum Gasteiger partial charge on any atom is -0.245 e. The lowest BCUT2D eigenvalue weighted by atomic mass is 9.96. The van der Waals surface area contributed by atoms with Crippen molar-refractivity contribution in [3.8, 4) is 44.8 Å². The first-order valence-electron chi connectivity index (χ1n) is 14.3. The molecule has 0 spiro atoms. The standard InChI is InChI=1S/C40H26N2/c1-2-8-31(9-3-1)37-25-23-33-21-22-34-24-26-38(42-40(34)39(33)41-37)32-19-15-28(16-20-32)27-13-17-30(18-14-27)36-12-6-10-29-7-4-5-11-35(29)36/h1-26H. The summed E-state index contributed by atoms with van der Waals surface area (Å²) in [6.07, 6.45) is 0. The minimum atomic E-state index is 0.927. The zero-order valence-electron chi connectivity index (χ0n) is 22.9. The van der Waals surface area contributed by atoms with Gasteiger partial charge in [-0.3, -0.25) is 0 Å². The van der Waals surface area contributed by atoms with Crippen LogP contribution in [0, 0.1) is 0 Å². The average molecular weight is 535 g/mol. The molecule has 0 saturated carbocycles. The first kappa shape index (κ1) is 24.2. The van der Waals surface area contributed by atoms with E-state index in [2.05, 4.69) is 140 Å². The highest BCUT2D eigenvalue weighted by Gasteiger charge is 2.10. The van der Waals surface area contributed by atoms with E-state index in [0.29, 0.717) is 0 Å². The van der Waals surface area contributed by atoms with Gasteiger partial charge in [-0.1, -0.05) is 146 Å². The molecule has 2 nitrogen and oxygen atoms in total. The van der Waals surface area contributed by atoms with Gasteiger partial charge in [0.2, 0.25) is 0 Å². The van der Waals surface area contributed by atoms with Crippen LogP contribution in [0.4, 0.5) is 0 Å². The Bertz CT molecular complexity index is 2210. The van der Waals surface area contributed by atoms with Crippen LogP contribution in [0.25, 0.3) is 77.3 Å². The number of pyridine rings is 2. The highest BCUT2D eigenvalue weighted by molar-refractivity contribution is 6.04. The molecule has 0 amide bonds. The number of hydrogen-bond donors (Lipinski definition) is 0. The van der Waals surface area contributed by atoms with Gasteiger partial charge < -0.3 is 0 Å². The summed E-state index contributed by atoms with van der Waals surface area (Å²) in [6, 6.07) is 55.6. The maximum Gasteiger partial charge on any atom is 0.0972 e. The SMILES string of the molecule is c1ccc(-c2ccc3ccc4ccc(-c5ccc(-c6ccc(-c7cccc8ccccc78)cc6)cc5)nc4c3n2)cc1. The summed E-state index contributed by atoms with van der Waals surface area (Å²) >= 11 is 0. The van der Waals surface area contributed by atoms with E-state index in [1.54, 1.807) is 0 Å². The lowest BCUT2D eigenvalue weighted by Gasteiger charge is -2.10. The molecule has 0 aliphatic heterocycles.